The molecule has 0 saturated carbocycles. The summed E-state index contributed by atoms with van der Waals surface area (Å²) in [5.41, 5.74) is 3.19. The van der Waals surface area contributed by atoms with E-state index in [1.807, 2.05) is 0 Å². The molecule has 3 N–H and O–H groups in total. The van der Waals surface area contributed by atoms with Crippen LogP contribution in [0.1, 0.15) is 17.3 Å². The second-order valence-corrected chi connectivity index (χ2v) is 6.62. The Morgan fingerprint density at radius 2 is 1.84 bits per heavy atom. The molecule has 1 aliphatic heterocycles. The normalized spacial score (nSPS) is 16.0. The molecule has 1 heterocycles. The number of barbiturate groups is 1. The van der Waals surface area contributed by atoms with Crippen LogP contribution in [0.3, 0.4) is 0 Å². The number of anilines is 2. The van der Waals surface area contributed by atoms with Crippen molar-refractivity contribution in [3.05, 3.63) is 54.1 Å². The third kappa shape index (κ3) is 4.95. The van der Waals surface area contributed by atoms with E-state index < -0.39 is 29.7 Å². The van der Waals surface area contributed by atoms with Gasteiger partial charge >= 0.3 is 6.03 Å². The average molecular weight is 437 g/mol. The molecule has 0 bridgehead atoms. The minimum atomic E-state index is -1.43. The monoisotopic (exact) mass is 437 g/mol. The third-order valence-electron chi connectivity index (χ3n) is 4.37. The minimum absolute atomic E-state index is 0.209. The van der Waals surface area contributed by atoms with E-state index >= 15 is 0 Å². The first-order valence-electron chi connectivity index (χ1n) is 9.34. The molecule has 3 rings (SSSR count). The lowest BCUT2D eigenvalue weighted by molar-refractivity contribution is -0.131. The maximum atomic E-state index is 12.8. The Morgan fingerprint density at radius 3 is 2.50 bits per heavy atom. The summed E-state index contributed by atoms with van der Waals surface area (Å²) in [5.74, 6) is -3.55. The lowest BCUT2D eigenvalue weighted by Gasteiger charge is -2.28. The molecule has 164 valence electrons. The molecule has 32 heavy (non-hydrogen) atoms. The van der Waals surface area contributed by atoms with Crippen LogP contribution in [0, 0.1) is 5.92 Å². The van der Waals surface area contributed by atoms with Gasteiger partial charge in [-0.2, -0.15) is 5.10 Å². The van der Waals surface area contributed by atoms with Crippen LogP contribution >= 0.6 is 0 Å². The highest BCUT2D eigenvalue weighted by Gasteiger charge is 2.40. The number of imide groups is 2. The molecular weight excluding hydrogens is 418 g/mol. The zero-order valence-electron chi connectivity index (χ0n) is 17.1. The zero-order chi connectivity index (χ0) is 23.3. The van der Waals surface area contributed by atoms with E-state index in [0.717, 1.165) is 11.1 Å². The van der Waals surface area contributed by atoms with Crippen LogP contribution in [0.15, 0.2) is 53.6 Å². The van der Waals surface area contributed by atoms with Gasteiger partial charge in [0.05, 0.1) is 12.8 Å². The van der Waals surface area contributed by atoms with Gasteiger partial charge in [0.25, 0.3) is 11.8 Å². The molecule has 0 aromatic heterocycles. The standard InChI is InChI=1S/C21H19N5O6/c1-12(27)23-14-8-6-13(7-9-14)18(28)25-22-11-17-19(29)24-21(31)26(20(17)30)15-4-3-5-16(10-15)32-2/h3-11,17H,1-2H3,(H,23,27)(H,25,28)(H,24,29,31)/b22-11-/t17-/m1/s1. The fraction of sp³-hybridized carbons (Fsp3) is 0.143. The highest BCUT2D eigenvalue weighted by Crippen LogP contribution is 2.24. The largest absolute Gasteiger partial charge is 0.497 e. The maximum Gasteiger partial charge on any atom is 0.335 e. The molecule has 6 amide bonds. The first kappa shape index (κ1) is 22.2. The number of amides is 6. The smallest absolute Gasteiger partial charge is 0.335 e. The topological polar surface area (TPSA) is 146 Å². The number of nitrogens with zero attached hydrogens (tertiary/aromatic N) is 2. The van der Waals surface area contributed by atoms with Gasteiger partial charge in [-0.25, -0.2) is 15.1 Å². The van der Waals surface area contributed by atoms with Crippen molar-refractivity contribution in [1.82, 2.24) is 10.7 Å². The number of ether oxygens (including phenoxy) is 1. The van der Waals surface area contributed by atoms with Crippen LogP contribution in [0.25, 0.3) is 0 Å². The second kappa shape index (κ2) is 9.51. The van der Waals surface area contributed by atoms with Gasteiger partial charge in [0.2, 0.25) is 11.8 Å². The van der Waals surface area contributed by atoms with E-state index in [0.29, 0.717) is 11.4 Å². The van der Waals surface area contributed by atoms with Crippen molar-refractivity contribution >= 4 is 47.2 Å². The quantitative estimate of drug-likeness (QED) is 0.352. The number of hydrogen-bond donors (Lipinski definition) is 3. The van der Waals surface area contributed by atoms with Crippen molar-refractivity contribution in [1.29, 1.82) is 0 Å². The Bertz CT molecular complexity index is 1110. The predicted octanol–water partition coefficient (Wildman–Crippen LogP) is 1.27. The molecule has 1 fully saturated rings. The number of urea groups is 1. The second-order valence-electron chi connectivity index (χ2n) is 6.62. The van der Waals surface area contributed by atoms with Gasteiger partial charge in [-0.15, -0.1) is 0 Å². The fourth-order valence-corrected chi connectivity index (χ4v) is 2.86. The number of carbonyl (C=O) groups is 5. The molecule has 2 aromatic carbocycles. The van der Waals surface area contributed by atoms with Gasteiger partial charge in [-0.05, 0) is 36.4 Å². The number of nitrogens with one attached hydrogen (secondary N) is 3. The van der Waals surface area contributed by atoms with Crippen molar-refractivity contribution in [3.8, 4) is 5.75 Å². The van der Waals surface area contributed by atoms with E-state index in [1.54, 1.807) is 12.1 Å². The number of hydrazone groups is 1. The van der Waals surface area contributed by atoms with Crippen LogP contribution in [-0.2, 0) is 14.4 Å². The molecule has 0 spiro atoms. The van der Waals surface area contributed by atoms with Crippen molar-refractivity contribution in [2.24, 2.45) is 11.0 Å². The molecule has 1 atom stereocenters. The Balaban J connectivity index is 1.70. The molecule has 0 aliphatic carbocycles. The molecule has 1 aliphatic rings. The van der Waals surface area contributed by atoms with Gasteiger partial charge in [-0.1, -0.05) is 6.07 Å². The molecule has 0 unspecified atom stereocenters. The molecule has 0 radical (unpaired) electrons. The SMILES string of the molecule is COc1cccc(N2C(=O)NC(=O)[C@@H](/C=N\NC(=O)c3ccc(NC(C)=O)cc3)C2=O)c1. The highest BCUT2D eigenvalue weighted by molar-refractivity contribution is 6.32. The predicted molar refractivity (Wildman–Crippen MR) is 114 cm³/mol. The van der Waals surface area contributed by atoms with Crippen LogP contribution in [0.4, 0.5) is 16.2 Å². The van der Waals surface area contributed by atoms with E-state index in [-0.39, 0.29) is 17.2 Å². The van der Waals surface area contributed by atoms with Gasteiger partial charge < -0.3 is 10.1 Å². The Morgan fingerprint density at radius 1 is 1.12 bits per heavy atom. The summed E-state index contributed by atoms with van der Waals surface area (Å²) in [4.78, 5) is 61.2. The first-order valence-corrected chi connectivity index (χ1v) is 9.34. The molecule has 11 nitrogen and oxygen atoms in total. The summed E-state index contributed by atoms with van der Waals surface area (Å²) >= 11 is 0. The van der Waals surface area contributed by atoms with E-state index in [4.69, 9.17) is 4.74 Å². The molecular formula is C21H19N5O6. The lowest BCUT2D eigenvalue weighted by Crippen LogP contribution is -2.58. The van der Waals surface area contributed by atoms with Crippen LogP contribution in [-0.4, -0.2) is 43.0 Å². The summed E-state index contributed by atoms with van der Waals surface area (Å²) in [6.45, 7) is 1.36. The number of benzene rings is 2. The summed E-state index contributed by atoms with van der Waals surface area (Å²) in [5, 5.41) is 8.35. The third-order valence-corrected chi connectivity index (χ3v) is 4.37. The molecule has 1 saturated heterocycles. The van der Waals surface area contributed by atoms with Crippen molar-refractivity contribution in [2.75, 3.05) is 17.3 Å². The number of hydrogen-bond acceptors (Lipinski definition) is 7. The summed E-state index contributed by atoms with van der Waals surface area (Å²) in [7, 11) is 1.44. The van der Waals surface area contributed by atoms with Gasteiger partial charge in [0, 0.05) is 30.5 Å². The van der Waals surface area contributed by atoms with Crippen LogP contribution < -0.4 is 25.7 Å². The summed E-state index contributed by atoms with van der Waals surface area (Å²) in [6.07, 6.45) is 0.945. The average Bonchev–Trinajstić information content (AvgIpc) is 2.76. The molecule has 2 aromatic rings. The Labute approximate surface area is 182 Å². The Hall–Kier alpha value is -4.54. The maximum absolute atomic E-state index is 12.8. The van der Waals surface area contributed by atoms with Crippen molar-refractivity contribution in [3.63, 3.8) is 0 Å². The summed E-state index contributed by atoms with van der Waals surface area (Å²) in [6, 6.07) is 11.3. The van der Waals surface area contributed by atoms with E-state index in [1.165, 1.54) is 50.4 Å². The van der Waals surface area contributed by atoms with Crippen molar-refractivity contribution < 1.29 is 28.7 Å². The lowest BCUT2D eigenvalue weighted by atomic mass is 10.1. The van der Waals surface area contributed by atoms with E-state index in [9.17, 15) is 24.0 Å². The minimum Gasteiger partial charge on any atom is -0.497 e. The number of carbonyl (C=O) groups excluding carboxylic acids is 5. The highest BCUT2D eigenvalue weighted by atomic mass is 16.5. The van der Waals surface area contributed by atoms with Crippen LogP contribution in [0.2, 0.25) is 0 Å². The summed E-state index contributed by atoms with van der Waals surface area (Å²) < 4.78 is 5.09. The van der Waals surface area contributed by atoms with Gasteiger partial charge in [0.15, 0.2) is 5.92 Å². The number of methoxy groups -OCH3 is 1. The van der Waals surface area contributed by atoms with Gasteiger partial charge in [0.1, 0.15) is 5.75 Å². The van der Waals surface area contributed by atoms with Crippen LogP contribution in [0.5, 0.6) is 5.75 Å². The number of rotatable bonds is 6. The zero-order valence-corrected chi connectivity index (χ0v) is 17.1. The Kier molecular flexibility index (Phi) is 6.59. The van der Waals surface area contributed by atoms with Gasteiger partial charge in [-0.3, -0.25) is 24.5 Å². The molecule has 11 heteroatoms. The first-order chi connectivity index (χ1) is 15.3. The fourth-order valence-electron chi connectivity index (χ4n) is 2.86. The van der Waals surface area contributed by atoms with E-state index in [2.05, 4.69) is 21.2 Å². The van der Waals surface area contributed by atoms with Crippen molar-refractivity contribution in [2.45, 2.75) is 6.92 Å².